The number of benzene rings is 1. The summed E-state index contributed by atoms with van der Waals surface area (Å²) < 4.78 is 27.8. The van der Waals surface area contributed by atoms with Crippen molar-refractivity contribution in [2.24, 2.45) is 0 Å². The van der Waals surface area contributed by atoms with Crippen LogP contribution in [-0.4, -0.2) is 8.42 Å². The molecule has 7 heteroatoms. The highest BCUT2D eigenvalue weighted by Gasteiger charge is 2.15. The number of hydrogen-bond donors (Lipinski definition) is 1. The molecule has 0 saturated carbocycles. The summed E-state index contributed by atoms with van der Waals surface area (Å²) in [5.74, 6) is 0. The second-order valence-electron chi connectivity index (χ2n) is 4.10. The molecular weight excluding hydrogens is 360 g/mol. The van der Waals surface area contributed by atoms with E-state index in [-0.39, 0.29) is 11.4 Å². The van der Waals surface area contributed by atoms with Gasteiger partial charge in [-0.3, -0.25) is 0 Å². The van der Waals surface area contributed by atoms with Crippen molar-refractivity contribution in [3.63, 3.8) is 0 Å². The molecule has 0 aliphatic carbocycles. The summed E-state index contributed by atoms with van der Waals surface area (Å²) in [5, 5.41) is 10.7. The Balaban J connectivity index is 2.21. The van der Waals surface area contributed by atoms with Crippen LogP contribution in [0.15, 0.2) is 39.0 Å². The molecular formula is C13H11BrN2O2S2. The van der Waals surface area contributed by atoms with E-state index in [0.717, 1.165) is 9.35 Å². The van der Waals surface area contributed by atoms with Crippen molar-refractivity contribution in [3.05, 3.63) is 50.1 Å². The Kier molecular flexibility index (Phi) is 4.60. The van der Waals surface area contributed by atoms with E-state index in [4.69, 9.17) is 5.26 Å². The van der Waals surface area contributed by atoms with Gasteiger partial charge in [0, 0.05) is 15.9 Å². The molecule has 0 aliphatic heterocycles. The predicted molar refractivity (Wildman–Crippen MR) is 81.9 cm³/mol. The van der Waals surface area contributed by atoms with E-state index in [2.05, 4.69) is 20.7 Å². The molecule has 20 heavy (non-hydrogen) atoms. The maximum Gasteiger partial charge on any atom is 0.240 e. The van der Waals surface area contributed by atoms with Crippen LogP contribution in [0.1, 0.15) is 16.0 Å². The second-order valence-corrected chi connectivity index (χ2v) is 7.73. The van der Waals surface area contributed by atoms with Gasteiger partial charge < -0.3 is 0 Å². The Hall–Kier alpha value is -1.20. The fraction of sp³-hybridized carbons (Fsp3) is 0.154. The van der Waals surface area contributed by atoms with Crippen LogP contribution in [0, 0.1) is 18.3 Å². The largest absolute Gasteiger partial charge is 0.240 e. The number of hydrogen-bond acceptors (Lipinski definition) is 4. The quantitative estimate of drug-likeness (QED) is 0.898. The molecule has 0 unspecified atom stereocenters. The van der Waals surface area contributed by atoms with Gasteiger partial charge in [-0.05, 0) is 58.1 Å². The van der Waals surface area contributed by atoms with E-state index in [1.807, 2.05) is 17.5 Å². The summed E-state index contributed by atoms with van der Waals surface area (Å²) >= 11 is 4.84. The average Bonchev–Trinajstić information content (AvgIpc) is 2.82. The molecule has 0 spiro atoms. The molecule has 104 valence electrons. The van der Waals surface area contributed by atoms with E-state index in [0.29, 0.717) is 11.1 Å². The molecule has 2 rings (SSSR count). The lowest BCUT2D eigenvalue weighted by molar-refractivity contribution is 0.581. The molecule has 1 heterocycles. The number of rotatable bonds is 4. The highest BCUT2D eigenvalue weighted by Crippen LogP contribution is 2.23. The molecule has 1 N–H and O–H groups in total. The van der Waals surface area contributed by atoms with E-state index in [1.54, 1.807) is 6.92 Å². The van der Waals surface area contributed by atoms with Crippen molar-refractivity contribution in [2.45, 2.75) is 18.4 Å². The van der Waals surface area contributed by atoms with Crippen molar-refractivity contribution >= 4 is 37.3 Å². The molecule has 0 amide bonds. The van der Waals surface area contributed by atoms with Crippen LogP contribution >= 0.6 is 27.3 Å². The Morgan fingerprint density at radius 1 is 1.40 bits per heavy atom. The van der Waals surface area contributed by atoms with Crippen LogP contribution in [0.25, 0.3) is 0 Å². The van der Waals surface area contributed by atoms with Crippen molar-refractivity contribution in [1.29, 1.82) is 5.26 Å². The molecule has 1 aromatic heterocycles. The molecule has 1 aromatic carbocycles. The lowest BCUT2D eigenvalue weighted by Crippen LogP contribution is -2.23. The van der Waals surface area contributed by atoms with E-state index < -0.39 is 10.0 Å². The first-order chi connectivity index (χ1) is 9.44. The van der Waals surface area contributed by atoms with Gasteiger partial charge in [-0.1, -0.05) is 0 Å². The van der Waals surface area contributed by atoms with Crippen molar-refractivity contribution < 1.29 is 8.42 Å². The van der Waals surface area contributed by atoms with Gasteiger partial charge >= 0.3 is 0 Å². The number of nitrogens with zero attached hydrogens (tertiary/aromatic N) is 1. The first kappa shape index (κ1) is 15.2. The van der Waals surface area contributed by atoms with Crippen LogP contribution < -0.4 is 4.72 Å². The molecule has 0 fully saturated rings. The van der Waals surface area contributed by atoms with Gasteiger partial charge in [0.05, 0.1) is 16.5 Å². The van der Waals surface area contributed by atoms with Crippen molar-refractivity contribution in [1.82, 2.24) is 4.72 Å². The molecule has 0 saturated heterocycles. The normalized spacial score (nSPS) is 11.2. The van der Waals surface area contributed by atoms with Gasteiger partial charge in [0.25, 0.3) is 0 Å². The Labute approximate surface area is 130 Å². The second kappa shape index (κ2) is 6.06. The fourth-order valence-corrected chi connectivity index (χ4v) is 4.23. The van der Waals surface area contributed by atoms with Crippen LogP contribution in [-0.2, 0) is 16.6 Å². The summed E-state index contributed by atoms with van der Waals surface area (Å²) in [4.78, 5) is 1.08. The van der Waals surface area contributed by atoms with Gasteiger partial charge in [-0.2, -0.15) is 5.26 Å². The van der Waals surface area contributed by atoms with Gasteiger partial charge in [0.15, 0.2) is 0 Å². The average molecular weight is 371 g/mol. The summed E-state index contributed by atoms with van der Waals surface area (Å²) in [6.45, 7) is 1.95. The minimum absolute atomic E-state index is 0.168. The standard InChI is InChI=1S/C13H11BrN2O2S2/c1-9-6-11(3-2-10(9)7-15)20(17,18)16-8-13-12(14)4-5-19-13/h2-6,16H,8H2,1H3. The fourth-order valence-electron chi connectivity index (χ4n) is 1.62. The minimum atomic E-state index is -3.57. The van der Waals surface area contributed by atoms with Crippen LogP contribution in [0.4, 0.5) is 0 Å². The molecule has 2 aromatic rings. The topological polar surface area (TPSA) is 70.0 Å². The minimum Gasteiger partial charge on any atom is -0.207 e. The number of nitriles is 1. The predicted octanol–water partition coefficient (Wildman–Crippen LogP) is 3.17. The molecule has 0 aliphatic rings. The monoisotopic (exact) mass is 370 g/mol. The Morgan fingerprint density at radius 2 is 2.15 bits per heavy atom. The SMILES string of the molecule is Cc1cc(S(=O)(=O)NCc2sccc2Br)ccc1C#N. The van der Waals surface area contributed by atoms with E-state index in [1.165, 1.54) is 29.5 Å². The highest BCUT2D eigenvalue weighted by atomic mass is 79.9. The number of halogens is 1. The van der Waals surface area contributed by atoms with Gasteiger partial charge in [-0.25, -0.2) is 13.1 Å². The van der Waals surface area contributed by atoms with Gasteiger partial charge in [0.1, 0.15) is 0 Å². The smallest absolute Gasteiger partial charge is 0.207 e. The number of aryl methyl sites for hydroxylation is 1. The van der Waals surface area contributed by atoms with Gasteiger partial charge in [-0.15, -0.1) is 11.3 Å². The first-order valence-electron chi connectivity index (χ1n) is 5.66. The highest BCUT2D eigenvalue weighted by molar-refractivity contribution is 9.10. The molecule has 4 nitrogen and oxygen atoms in total. The van der Waals surface area contributed by atoms with Crippen LogP contribution in [0.2, 0.25) is 0 Å². The van der Waals surface area contributed by atoms with Crippen molar-refractivity contribution in [2.75, 3.05) is 0 Å². The third kappa shape index (κ3) is 3.27. The summed E-state index contributed by atoms with van der Waals surface area (Å²) in [6, 6.07) is 8.36. The lowest BCUT2D eigenvalue weighted by atomic mass is 10.1. The Bertz CT molecular complexity index is 776. The summed E-state index contributed by atoms with van der Waals surface area (Å²) in [7, 11) is -3.57. The summed E-state index contributed by atoms with van der Waals surface area (Å²) in [6.07, 6.45) is 0. The first-order valence-corrected chi connectivity index (χ1v) is 8.82. The zero-order valence-electron chi connectivity index (χ0n) is 10.6. The molecule has 0 radical (unpaired) electrons. The molecule has 0 atom stereocenters. The van der Waals surface area contributed by atoms with Crippen LogP contribution in [0.3, 0.4) is 0 Å². The zero-order valence-corrected chi connectivity index (χ0v) is 13.8. The maximum atomic E-state index is 12.2. The number of thiophene rings is 1. The lowest BCUT2D eigenvalue weighted by Gasteiger charge is -2.07. The third-order valence-electron chi connectivity index (χ3n) is 2.74. The number of sulfonamides is 1. The number of nitrogens with one attached hydrogen (secondary N) is 1. The van der Waals surface area contributed by atoms with Gasteiger partial charge in [0.2, 0.25) is 10.0 Å². The van der Waals surface area contributed by atoms with Crippen molar-refractivity contribution in [3.8, 4) is 6.07 Å². The molecule has 0 bridgehead atoms. The zero-order chi connectivity index (χ0) is 14.8. The van der Waals surface area contributed by atoms with Crippen LogP contribution in [0.5, 0.6) is 0 Å². The maximum absolute atomic E-state index is 12.2. The summed E-state index contributed by atoms with van der Waals surface area (Å²) in [5.41, 5.74) is 1.12. The van der Waals surface area contributed by atoms with E-state index in [9.17, 15) is 8.42 Å². The Morgan fingerprint density at radius 3 is 2.70 bits per heavy atom. The van der Waals surface area contributed by atoms with E-state index >= 15 is 0 Å². The third-order valence-corrected chi connectivity index (χ3v) is 6.07.